The highest BCUT2D eigenvalue weighted by atomic mass is 16.5. The summed E-state index contributed by atoms with van der Waals surface area (Å²) in [5, 5.41) is 6.15. The van der Waals surface area contributed by atoms with Crippen molar-refractivity contribution in [2.75, 3.05) is 53.5 Å². The van der Waals surface area contributed by atoms with Gasteiger partial charge in [0.1, 0.15) is 0 Å². The Morgan fingerprint density at radius 3 is 3.06 bits per heavy atom. The number of nitrogens with zero attached hydrogens (tertiary/aromatic N) is 1. The highest BCUT2D eigenvalue weighted by molar-refractivity contribution is 5.77. The van der Waals surface area contributed by atoms with E-state index in [0.29, 0.717) is 25.6 Å². The SMILES string of the molecule is CNCC1CCCN(CC(=O)NCCCOC)C1. The van der Waals surface area contributed by atoms with Crippen LogP contribution < -0.4 is 10.6 Å². The quantitative estimate of drug-likeness (QED) is 0.604. The van der Waals surface area contributed by atoms with Gasteiger partial charge in [-0.1, -0.05) is 0 Å². The number of rotatable bonds is 8. The minimum Gasteiger partial charge on any atom is -0.385 e. The zero-order valence-corrected chi connectivity index (χ0v) is 11.7. The van der Waals surface area contributed by atoms with Gasteiger partial charge in [0.2, 0.25) is 5.91 Å². The van der Waals surface area contributed by atoms with Crippen molar-refractivity contribution in [2.45, 2.75) is 19.3 Å². The molecule has 0 aromatic rings. The summed E-state index contributed by atoms with van der Waals surface area (Å²) in [5.74, 6) is 0.821. The topological polar surface area (TPSA) is 53.6 Å². The van der Waals surface area contributed by atoms with Crippen molar-refractivity contribution in [3.8, 4) is 0 Å². The van der Waals surface area contributed by atoms with Crippen molar-refractivity contribution in [1.29, 1.82) is 0 Å². The zero-order valence-electron chi connectivity index (χ0n) is 11.7. The Morgan fingerprint density at radius 2 is 2.33 bits per heavy atom. The van der Waals surface area contributed by atoms with E-state index in [2.05, 4.69) is 15.5 Å². The van der Waals surface area contributed by atoms with Crippen LogP contribution in [-0.4, -0.2) is 64.3 Å². The molecule has 0 bridgehead atoms. The third kappa shape index (κ3) is 6.33. The summed E-state index contributed by atoms with van der Waals surface area (Å²) in [5.41, 5.74) is 0. The number of piperidine rings is 1. The predicted molar refractivity (Wildman–Crippen MR) is 72.6 cm³/mol. The van der Waals surface area contributed by atoms with Crippen molar-refractivity contribution < 1.29 is 9.53 Å². The lowest BCUT2D eigenvalue weighted by Gasteiger charge is -2.32. The van der Waals surface area contributed by atoms with Gasteiger partial charge >= 0.3 is 0 Å². The number of carbonyl (C=O) groups excluding carboxylic acids is 1. The van der Waals surface area contributed by atoms with Crippen LogP contribution in [0.3, 0.4) is 0 Å². The van der Waals surface area contributed by atoms with E-state index in [1.807, 2.05) is 7.05 Å². The minimum absolute atomic E-state index is 0.135. The maximum Gasteiger partial charge on any atom is 0.234 e. The molecule has 0 aromatic heterocycles. The first kappa shape index (κ1) is 15.4. The number of carbonyl (C=O) groups is 1. The number of amides is 1. The van der Waals surface area contributed by atoms with E-state index >= 15 is 0 Å². The van der Waals surface area contributed by atoms with Crippen molar-refractivity contribution in [3.05, 3.63) is 0 Å². The summed E-state index contributed by atoms with van der Waals surface area (Å²) in [4.78, 5) is 14.0. The summed E-state index contributed by atoms with van der Waals surface area (Å²) >= 11 is 0. The molecule has 5 heteroatoms. The number of hydrogen-bond donors (Lipinski definition) is 2. The summed E-state index contributed by atoms with van der Waals surface area (Å²) in [6, 6.07) is 0. The maximum absolute atomic E-state index is 11.7. The van der Waals surface area contributed by atoms with Gasteiger partial charge in [-0.15, -0.1) is 0 Å². The number of ether oxygens (including phenoxy) is 1. The Bertz CT molecular complexity index is 234. The van der Waals surface area contributed by atoms with E-state index in [0.717, 1.165) is 26.1 Å². The van der Waals surface area contributed by atoms with E-state index < -0.39 is 0 Å². The van der Waals surface area contributed by atoms with Crippen molar-refractivity contribution in [1.82, 2.24) is 15.5 Å². The smallest absolute Gasteiger partial charge is 0.234 e. The third-order valence-corrected chi connectivity index (χ3v) is 3.31. The van der Waals surface area contributed by atoms with Gasteiger partial charge in [-0.2, -0.15) is 0 Å². The average molecular weight is 257 g/mol. The van der Waals surface area contributed by atoms with E-state index in [9.17, 15) is 4.79 Å². The molecule has 1 atom stereocenters. The Hall–Kier alpha value is -0.650. The average Bonchev–Trinajstić information content (AvgIpc) is 2.35. The van der Waals surface area contributed by atoms with E-state index in [4.69, 9.17) is 4.74 Å². The van der Waals surface area contributed by atoms with Gasteiger partial charge in [0, 0.05) is 26.8 Å². The van der Waals surface area contributed by atoms with E-state index in [1.165, 1.54) is 12.8 Å². The third-order valence-electron chi connectivity index (χ3n) is 3.31. The van der Waals surface area contributed by atoms with Gasteiger partial charge in [-0.25, -0.2) is 0 Å². The molecule has 1 aliphatic rings. The van der Waals surface area contributed by atoms with Crippen LogP contribution in [0.4, 0.5) is 0 Å². The fraction of sp³-hybridized carbons (Fsp3) is 0.923. The van der Waals surface area contributed by atoms with Crippen LogP contribution in [0.2, 0.25) is 0 Å². The Kier molecular flexibility index (Phi) is 7.96. The van der Waals surface area contributed by atoms with Gasteiger partial charge in [0.25, 0.3) is 0 Å². The van der Waals surface area contributed by atoms with Crippen LogP contribution in [-0.2, 0) is 9.53 Å². The van der Waals surface area contributed by atoms with E-state index in [-0.39, 0.29) is 5.91 Å². The maximum atomic E-state index is 11.7. The molecule has 1 aliphatic heterocycles. The van der Waals surface area contributed by atoms with Crippen LogP contribution in [0.25, 0.3) is 0 Å². The molecule has 18 heavy (non-hydrogen) atoms. The van der Waals surface area contributed by atoms with Crippen molar-refractivity contribution >= 4 is 5.91 Å². The summed E-state index contributed by atoms with van der Waals surface area (Å²) in [6.07, 6.45) is 3.35. The molecule has 1 heterocycles. The van der Waals surface area contributed by atoms with Gasteiger partial charge in [0.15, 0.2) is 0 Å². The van der Waals surface area contributed by atoms with Crippen molar-refractivity contribution in [3.63, 3.8) is 0 Å². The largest absolute Gasteiger partial charge is 0.385 e. The molecule has 1 amide bonds. The Balaban J connectivity index is 2.14. The number of nitrogens with one attached hydrogen (secondary N) is 2. The normalized spacial score (nSPS) is 20.9. The zero-order chi connectivity index (χ0) is 13.2. The molecule has 0 radical (unpaired) electrons. The first-order valence-corrected chi connectivity index (χ1v) is 6.89. The number of hydrogen-bond acceptors (Lipinski definition) is 4. The monoisotopic (exact) mass is 257 g/mol. The van der Waals surface area contributed by atoms with Crippen LogP contribution in [0.15, 0.2) is 0 Å². The molecule has 106 valence electrons. The molecule has 0 saturated carbocycles. The first-order chi connectivity index (χ1) is 8.76. The molecule has 1 saturated heterocycles. The molecule has 1 fully saturated rings. The van der Waals surface area contributed by atoms with Crippen LogP contribution in [0.5, 0.6) is 0 Å². The Morgan fingerprint density at radius 1 is 1.50 bits per heavy atom. The minimum atomic E-state index is 0.135. The van der Waals surface area contributed by atoms with Gasteiger partial charge in [0.05, 0.1) is 6.54 Å². The Labute approximate surface area is 110 Å². The molecule has 0 aliphatic carbocycles. The van der Waals surface area contributed by atoms with Crippen molar-refractivity contribution in [2.24, 2.45) is 5.92 Å². The molecule has 0 spiro atoms. The lowest BCUT2D eigenvalue weighted by molar-refractivity contribution is -0.122. The van der Waals surface area contributed by atoms with Crippen LogP contribution >= 0.6 is 0 Å². The highest BCUT2D eigenvalue weighted by Gasteiger charge is 2.20. The molecular weight excluding hydrogens is 230 g/mol. The van der Waals surface area contributed by atoms with E-state index in [1.54, 1.807) is 7.11 Å². The second-order valence-electron chi connectivity index (χ2n) is 5.00. The van der Waals surface area contributed by atoms with Crippen LogP contribution in [0.1, 0.15) is 19.3 Å². The molecule has 2 N–H and O–H groups in total. The van der Waals surface area contributed by atoms with Gasteiger partial charge in [-0.3, -0.25) is 9.69 Å². The fourth-order valence-corrected chi connectivity index (χ4v) is 2.45. The standard InChI is InChI=1S/C13H27N3O2/c1-14-9-12-5-3-7-16(10-12)11-13(17)15-6-4-8-18-2/h12,14H,3-11H2,1-2H3,(H,15,17). The fourth-order valence-electron chi connectivity index (χ4n) is 2.45. The number of methoxy groups -OCH3 is 1. The summed E-state index contributed by atoms with van der Waals surface area (Å²) in [7, 11) is 3.67. The molecule has 5 nitrogen and oxygen atoms in total. The molecule has 1 unspecified atom stereocenters. The lowest BCUT2D eigenvalue weighted by atomic mass is 9.98. The predicted octanol–water partition coefficient (Wildman–Crippen LogP) is 0.0705. The number of likely N-dealkylation sites (tertiary alicyclic amines) is 1. The molecule has 0 aromatic carbocycles. The first-order valence-electron chi connectivity index (χ1n) is 6.89. The van der Waals surface area contributed by atoms with Gasteiger partial charge in [-0.05, 0) is 45.3 Å². The second kappa shape index (κ2) is 9.30. The lowest BCUT2D eigenvalue weighted by Crippen LogP contribution is -2.44. The van der Waals surface area contributed by atoms with Crippen LogP contribution in [0, 0.1) is 5.92 Å². The summed E-state index contributed by atoms with van der Waals surface area (Å²) < 4.78 is 4.95. The van der Waals surface area contributed by atoms with Gasteiger partial charge < -0.3 is 15.4 Å². The molecule has 1 rings (SSSR count). The second-order valence-corrected chi connectivity index (χ2v) is 5.00. The molecular formula is C13H27N3O2. The highest BCUT2D eigenvalue weighted by Crippen LogP contribution is 2.14. The summed E-state index contributed by atoms with van der Waals surface area (Å²) in [6.45, 7) is 5.08.